The molecule has 0 amide bonds. The molecule has 0 unspecified atom stereocenters. The van der Waals surface area contributed by atoms with Crippen LogP contribution in [0, 0.1) is 17.2 Å². The van der Waals surface area contributed by atoms with Gasteiger partial charge in [0, 0.05) is 35.4 Å². The molecule has 1 fully saturated rings. The SMILES string of the molecule is C[C@@H]1CN(Cc2nc3ccccc3c(=O)n2CC#N)CC[S@@](=O)C1. The van der Waals surface area contributed by atoms with Gasteiger partial charge in [0.25, 0.3) is 5.56 Å². The van der Waals surface area contributed by atoms with E-state index in [1.54, 1.807) is 12.1 Å². The van der Waals surface area contributed by atoms with Crippen LogP contribution in [-0.2, 0) is 23.9 Å². The Kier molecular flexibility index (Phi) is 5.07. The van der Waals surface area contributed by atoms with Gasteiger partial charge in [-0.15, -0.1) is 0 Å². The number of para-hydroxylation sites is 1. The van der Waals surface area contributed by atoms with E-state index in [1.807, 2.05) is 12.1 Å². The first-order valence-corrected chi connectivity index (χ1v) is 9.50. The van der Waals surface area contributed by atoms with Crippen LogP contribution in [0.1, 0.15) is 12.7 Å². The molecular weight excluding hydrogens is 324 g/mol. The van der Waals surface area contributed by atoms with Gasteiger partial charge in [-0.3, -0.25) is 18.5 Å². The molecule has 1 aromatic carbocycles. The quantitative estimate of drug-likeness (QED) is 0.834. The van der Waals surface area contributed by atoms with E-state index in [9.17, 15) is 9.00 Å². The maximum atomic E-state index is 12.7. The van der Waals surface area contributed by atoms with E-state index in [0.29, 0.717) is 47.2 Å². The summed E-state index contributed by atoms with van der Waals surface area (Å²) in [6.45, 7) is 4.10. The molecule has 2 aromatic rings. The number of hydrogen-bond acceptors (Lipinski definition) is 5. The van der Waals surface area contributed by atoms with Gasteiger partial charge in [-0.1, -0.05) is 19.1 Å². The fraction of sp³-hybridized carbons (Fsp3) is 0.471. The van der Waals surface area contributed by atoms with E-state index in [1.165, 1.54) is 4.57 Å². The first-order valence-electron chi connectivity index (χ1n) is 8.01. The molecule has 1 saturated heterocycles. The molecule has 7 heteroatoms. The zero-order chi connectivity index (χ0) is 17.1. The molecule has 0 saturated carbocycles. The smallest absolute Gasteiger partial charge is 0.262 e. The van der Waals surface area contributed by atoms with Crippen LogP contribution in [0.25, 0.3) is 10.9 Å². The van der Waals surface area contributed by atoms with E-state index in [2.05, 4.69) is 22.9 Å². The van der Waals surface area contributed by atoms with Crippen molar-refractivity contribution < 1.29 is 4.21 Å². The van der Waals surface area contributed by atoms with Gasteiger partial charge < -0.3 is 0 Å². The van der Waals surface area contributed by atoms with Gasteiger partial charge in [0.1, 0.15) is 12.4 Å². The molecular formula is C17H20N4O2S. The van der Waals surface area contributed by atoms with Crippen molar-refractivity contribution >= 4 is 21.7 Å². The number of aromatic nitrogens is 2. The summed E-state index contributed by atoms with van der Waals surface area (Å²) in [7, 11) is -0.785. The van der Waals surface area contributed by atoms with Crippen molar-refractivity contribution in [3.05, 3.63) is 40.4 Å². The lowest BCUT2D eigenvalue weighted by Gasteiger charge is -2.22. The van der Waals surface area contributed by atoms with E-state index in [0.717, 1.165) is 6.54 Å². The molecule has 2 heterocycles. The molecule has 0 radical (unpaired) electrons. The van der Waals surface area contributed by atoms with Crippen molar-refractivity contribution in [2.45, 2.75) is 20.0 Å². The summed E-state index contributed by atoms with van der Waals surface area (Å²) in [5.74, 6) is 2.29. The van der Waals surface area contributed by atoms with E-state index in [-0.39, 0.29) is 12.1 Å². The minimum absolute atomic E-state index is 0.0126. The first kappa shape index (κ1) is 16.8. The summed E-state index contributed by atoms with van der Waals surface area (Å²) < 4.78 is 13.3. The summed E-state index contributed by atoms with van der Waals surface area (Å²) in [6.07, 6.45) is 0. The molecule has 1 aliphatic heterocycles. The molecule has 6 nitrogen and oxygen atoms in total. The van der Waals surface area contributed by atoms with Crippen molar-refractivity contribution in [3.8, 4) is 6.07 Å². The van der Waals surface area contributed by atoms with Gasteiger partial charge in [-0.2, -0.15) is 5.26 Å². The lowest BCUT2D eigenvalue weighted by molar-refractivity contribution is 0.247. The first-order chi connectivity index (χ1) is 11.6. The highest BCUT2D eigenvalue weighted by atomic mass is 32.2. The minimum atomic E-state index is -0.785. The lowest BCUT2D eigenvalue weighted by Crippen LogP contribution is -2.33. The van der Waals surface area contributed by atoms with Crippen LogP contribution in [0.4, 0.5) is 0 Å². The largest absolute Gasteiger partial charge is 0.295 e. The average Bonchev–Trinajstić information content (AvgIpc) is 2.71. The van der Waals surface area contributed by atoms with Crippen molar-refractivity contribution in [1.29, 1.82) is 5.26 Å². The van der Waals surface area contributed by atoms with Crippen molar-refractivity contribution in [2.75, 3.05) is 24.6 Å². The number of fused-ring (bicyclic) bond motifs is 1. The molecule has 0 N–H and O–H groups in total. The van der Waals surface area contributed by atoms with Crippen LogP contribution in [-0.4, -0.2) is 43.3 Å². The van der Waals surface area contributed by atoms with Crippen LogP contribution < -0.4 is 5.56 Å². The zero-order valence-electron chi connectivity index (χ0n) is 13.6. The highest BCUT2D eigenvalue weighted by Crippen LogP contribution is 2.13. The molecule has 1 aromatic heterocycles. The summed E-state index contributed by atoms with van der Waals surface area (Å²) in [4.78, 5) is 19.5. The Morgan fingerprint density at radius 3 is 3.00 bits per heavy atom. The lowest BCUT2D eigenvalue weighted by atomic mass is 10.2. The Morgan fingerprint density at radius 2 is 2.21 bits per heavy atom. The molecule has 24 heavy (non-hydrogen) atoms. The predicted octanol–water partition coefficient (Wildman–Crippen LogP) is 1.12. The van der Waals surface area contributed by atoms with Crippen molar-refractivity contribution in [1.82, 2.24) is 14.5 Å². The molecule has 1 aliphatic rings. The molecule has 0 bridgehead atoms. The van der Waals surface area contributed by atoms with Crippen molar-refractivity contribution in [3.63, 3.8) is 0 Å². The van der Waals surface area contributed by atoms with Gasteiger partial charge in [0.05, 0.1) is 23.5 Å². The summed E-state index contributed by atoms with van der Waals surface area (Å²) in [5.41, 5.74) is 0.474. The predicted molar refractivity (Wildman–Crippen MR) is 93.9 cm³/mol. The molecule has 0 spiro atoms. The van der Waals surface area contributed by atoms with Gasteiger partial charge in [-0.05, 0) is 18.1 Å². The van der Waals surface area contributed by atoms with Crippen molar-refractivity contribution in [2.24, 2.45) is 5.92 Å². The number of hydrogen-bond donors (Lipinski definition) is 0. The second-order valence-electron chi connectivity index (χ2n) is 6.25. The molecule has 2 atom stereocenters. The normalized spacial score (nSPS) is 22.2. The van der Waals surface area contributed by atoms with Gasteiger partial charge in [0.15, 0.2) is 0 Å². The van der Waals surface area contributed by atoms with Crippen LogP contribution in [0.2, 0.25) is 0 Å². The Hall–Kier alpha value is -2.04. The van der Waals surface area contributed by atoms with Crippen LogP contribution in [0.15, 0.2) is 29.1 Å². The molecule has 126 valence electrons. The van der Waals surface area contributed by atoms with E-state index >= 15 is 0 Å². The highest BCUT2D eigenvalue weighted by molar-refractivity contribution is 7.85. The Balaban J connectivity index is 1.98. The summed E-state index contributed by atoms with van der Waals surface area (Å²) >= 11 is 0. The number of nitrogens with zero attached hydrogens (tertiary/aromatic N) is 4. The Morgan fingerprint density at radius 1 is 1.42 bits per heavy atom. The molecule has 3 rings (SSSR count). The maximum absolute atomic E-state index is 12.7. The maximum Gasteiger partial charge on any atom is 0.262 e. The fourth-order valence-corrected chi connectivity index (χ4v) is 4.50. The van der Waals surface area contributed by atoms with E-state index < -0.39 is 10.8 Å². The van der Waals surface area contributed by atoms with Crippen LogP contribution >= 0.6 is 0 Å². The second kappa shape index (κ2) is 7.24. The number of nitriles is 1. The van der Waals surface area contributed by atoms with Gasteiger partial charge >= 0.3 is 0 Å². The third-order valence-electron chi connectivity index (χ3n) is 4.21. The van der Waals surface area contributed by atoms with Gasteiger partial charge in [0.2, 0.25) is 0 Å². The van der Waals surface area contributed by atoms with Crippen LogP contribution in [0.5, 0.6) is 0 Å². The Bertz CT molecular complexity index is 871. The van der Waals surface area contributed by atoms with Crippen LogP contribution in [0.3, 0.4) is 0 Å². The van der Waals surface area contributed by atoms with Gasteiger partial charge in [-0.25, -0.2) is 4.98 Å². The highest BCUT2D eigenvalue weighted by Gasteiger charge is 2.21. The average molecular weight is 344 g/mol. The monoisotopic (exact) mass is 344 g/mol. The Labute approximate surface area is 143 Å². The standard InChI is InChI=1S/C17H20N4O2S/c1-13-10-20(8-9-24(23)12-13)11-16-19-15-5-3-2-4-14(15)17(22)21(16)7-6-18/h2-5,13H,7-12H2,1H3/t13-,24-/m1/s1. The fourth-order valence-electron chi connectivity index (χ4n) is 3.13. The third kappa shape index (κ3) is 3.55. The third-order valence-corrected chi connectivity index (χ3v) is 5.79. The summed E-state index contributed by atoms with van der Waals surface area (Å²) in [6, 6.07) is 9.25. The van der Waals surface area contributed by atoms with E-state index in [4.69, 9.17) is 5.26 Å². The second-order valence-corrected chi connectivity index (χ2v) is 7.87. The minimum Gasteiger partial charge on any atom is -0.295 e. The summed E-state index contributed by atoms with van der Waals surface area (Å²) in [5, 5.41) is 9.61. The topological polar surface area (TPSA) is 79.0 Å². The zero-order valence-corrected chi connectivity index (χ0v) is 14.5. The number of benzene rings is 1. The number of rotatable bonds is 3. The molecule has 0 aliphatic carbocycles.